The third-order valence-corrected chi connectivity index (χ3v) is 4.53. The van der Waals surface area contributed by atoms with E-state index in [-0.39, 0.29) is 5.28 Å². The van der Waals surface area contributed by atoms with Crippen LogP contribution in [0.4, 0.5) is 11.5 Å². The van der Waals surface area contributed by atoms with E-state index in [9.17, 15) is 0 Å². The third kappa shape index (κ3) is 2.46. The lowest BCUT2D eigenvalue weighted by molar-refractivity contribution is 1.23. The molecule has 20 heavy (non-hydrogen) atoms. The Balaban J connectivity index is 2.12. The van der Waals surface area contributed by atoms with Crippen LogP contribution in [0, 0.1) is 13.8 Å². The van der Waals surface area contributed by atoms with Crippen molar-refractivity contribution >= 4 is 56.3 Å². The SMILES string of the molecule is Cc1cc2c(Nc3cccc(Cl)c3C)nc(Cl)nc2s1. The maximum absolute atomic E-state index is 6.14. The van der Waals surface area contributed by atoms with Crippen LogP contribution in [-0.4, -0.2) is 9.97 Å². The molecule has 0 bridgehead atoms. The molecule has 2 aromatic heterocycles. The molecule has 6 heteroatoms. The second-order valence-corrected chi connectivity index (χ2v) is 6.43. The van der Waals surface area contributed by atoms with E-state index in [4.69, 9.17) is 23.2 Å². The monoisotopic (exact) mass is 323 g/mol. The zero-order valence-corrected chi connectivity index (χ0v) is 13.2. The summed E-state index contributed by atoms with van der Waals surface area (Å²) in [6.45, 7) is 4.00. The first kappa shape index (κ1) is 13.6. The number of thiophene rings is 1. The zero-order chi connectivity index (χ0) is 14.3. The summed E-state index contributed by atoms with van der Waals surface area (Å²) in [4.78, 5) is 10.6. The number of halogens is 2. The second-order valence-electron chi connectivity index (χ2n) is 4.45. The molecule has 102 valence electrons. The van der Waals surface area contributed by atoms with E-state index < -0.39 is 0 Å². The number of rotatable bonds is 2. The molecular formula is C14H11Cl2N3S. The Labute approximate surface area is 130 Å². The predicted molar refractivity (Wildman–Crippen MR) is 86.6 cm³/mol. The molecule has 0 spiro atoms. The Hall–Kier alpha value is -1.36. The van der Waals surface area contributed by atoms with Gasteiger partial charge in [0.25, 0.3) is 0 Å². The minimum Gasteiger partial charge on any atom is -0.339 e. The van der Waals surface area contributed by atoms with E-state index in [1.54, 1.807) is 11.3 Å². The summed E-state index contributed by atoms with van der Waals surface area (Å²) in [7, 11) is 0. The van der Waals surface area contributed by atoms with Gasteiger partial charge in [-0.25, -0.2) is 4.98 Å². The van der Waals surface area contributed by atoms with Gasteiger partial charge in [0.1, 0.15) is 10.6 Å². The number of aryl methyl sites for hydroxylation is 1. The van der Waals surface area contributed by atoms with Crippen LogP contribution in [0.15, 0.2) is 24.3 Å². The second kappa shape index (κ2) is 5.20. The molecule has 0 radical (unpaired) electrons. The normalized spacial score (nSPS) is 11.0. The molecule has 0 unspecified atom stereocenters. The first-order valence-corrected chi connectivity index (χ1v) is 7.57. The van der Waals surface area contributed by atoms with E-state index in [0.29, 0.717) is 10.8 Å². The minimum atomic E-state index is 0.238. The zero-order valence-electron chi connectivity index (χ0n) is 10.9. The number of fused-ring (bicyclic) bond motifs is 1. The summed E-state index contributed by atoms with van der Waals surface area (Å²) in [6, 6.07) is 7.77. The molecule has 0 saturated heterocycles. The van der Waals surface area contributed by atoms with Crippen molar-refractivity contribution in [2.24, 2.45) is 0 Å². The molecular weight excluding hydrogens is 313 g/mol. The smallest absolute Gasteiger partial charge is 0.225 e. The number of anilines is 2. The first-order valence-electron chi connectivity index (χ1n) is 6.00. The van der Waals surface area contributed by atoms with Gasteiger partial charge in [0.2, 0.25) is 5.28 Å². The molecule has 0 aliphatic heterocycles. The van der Waals surface area contributed by atoms with Gasteiger partial charge in [-0.05, 0) is 49.2 Å². The Morgan fingerprint density at radius 2 is 1.95 bits per heavy atom. The fourth-order valence-corrected chi connectivity index (χ4v) is 3.25. The Kier molecular flexibility index (Phi) is 3.54. The number of aromatic nitrogens is 2. The number of hydrogen-bond acceptors (Lipinski definition) is 4. The number of nitrogens with zero attached hydrogens (tertiary/aromatic N) is 2. The maximum Gasteiger partial charge on any atom is 0.225 e. The van der Waals surface area contributed by atoms with Crippen molar-refractivity contribution in [2.45, 2.75) is 13.8 Å². The molecule has 0 amide bonds. The van der Waals surface area contributed by atoms with Gasteiger partial charge in [-0.15, -0.1) is 11.3 Å². The van der Waals surface area contributed by atoms with E-state index >= 15 is 0 Å². The van der Waals surface area contributed by atoms with E-state index in [1.807, 2.05) is 32.0 Å². The van der Waals surface area contributed by atoms with Crippen molar-refractivity contribution in [3.8, 4) is 0 Å². The summed E-state index contributed by atoms with van der Waals surface area (Å²) in [5.41, 5.74) is 1.89. The molecule has 0 saturated carbocycles. The molecule has 3 rings (SSSR count). The number of nitrogens with one attached hydrogen (secondary N) is 1. The summed E-state index contributed by atoms with van der Waals surface area (Å²) in [5, 5.41) is 5.22. The lowest BCUT2D eigenvalue weighted by Gasteiger charge is -2.10. The van der Waals surface area contributed by atoms with Crippen LogP contribution in [0.3, 0.4) is 0 Å². The van der Waals surface area contributed by atoms with E-state index in [2.05, 4.69) is 21.4 Å². The molecule has 2 heterocycles. The van der Waals surface area contributed by atoms with Gasteiger partial charge in [0.05, 0.1) is 5.39 Å². The van der Waals surface area contributed by atoms with Gasteiger partial charge in [0.15, 0.2) is 0 Å². The van der Waals surface area contributed by atoms with Crippen molar-refractivity contribution in [3.05, 3.63) is 45.0 Å². The van der Waals surface area contributed by atoms with Gasteiger partial charge >= 0.3 is 0 Å². The Bertz CT molecular complexity index is 798. The van der Waals surface area contributed by atoms with Crippen LogP contribution in [0.25, 0.3) is 10.2 Å². The summed E-state index contributed by atoms with van der Waals surface area (Å²) >= 11 is 13.7. The average molecular weight is 324 g/mol. The fraction of sp³-hybridized carbons (Fsp3) is 0.143. The number of hydrogen-bond donors (Lipinski definition) is 1. The van der Waals surface area contributed by atoms with Crippen LogP contribution in [0.1, 0.15) is 10.4 Å². The van der Waals surface area contributed by atoms with Crippen molar-refractivity contribution in [2.75, 3.05) is 5.32 Å². The highest BCUT2D eigenvalue weighted by Crippen LogP contribution is 2.33. The highest BCUT2D eigenvalue weighted by molar-refractivity contribution is 7.18. The third-order valence-electron chi connectivity index (χ3n) is 3.01. The number of benzene rings is 1. The van der Waals surface area contributed by atoms with Gasteiger partial charge in [0, 0.05) is 15.6 Å². The van der Waals surface area contributed by atoms with E-state index in [0.717, 1.165) is 21.5 Å². The molecule has 3 aromatic rings. The average Bonchev–Trinajstić information content (AvgIpc) is 2.75. The predicted octanol–water partition coefficient (Wildman–Crippen LogP) is 5.36. The van der Waals surface area contributed by atoms with Gasteiger partial charge in [-0.1, -0.05) is 17.7 Å². The Morgan fingerprint density at radius 3 is 2.75 bits per heavy atom. The molecule has 1 N–H and O–H groups in total. The molecule has 0 fully saturated rings. The largest absolute Gasteiger partial charge is 0.339 e. The summed E-state index contributed by atoms with van der Waals surface area (Å²) in [5.74, 6) is 0.703. The standard InChI is InChI=1S/C14H11Cl2N3S/c1-7-6-9-12(18-14(16)19-13(9)20-7)17-11-5-3-4-10(15)8(11)2/h3-6H,1-2H3,(H,17,18,19). The van der Waals surface area contributed by atoms with Crippen molar-refractivity contribution in [3.63, 3.8) is 0 Å². The molecule has 0 aliphatic rings. The Morgan fingerprint density at radius 1 is 1.15 bits per heavy atom. The maximum atomic E-state index is 6.14. The summed E-state index contributed by atoms with van der Waals surface area (Å²) < 4.78 is 0. The van der Waals surface area contributed by atoms with Gasteiger partial charge < -0.3 is 5.32 Å². The van der Waals surface area contributed by atoms with Gasteiger partial charge in [-0.3, -0.25) is 0 Å². The van der Waals surface area contributed by atoms with Crippen molar-refractivity contribution in [1.82, 2.24) is 9.97 Å². The topological polar surface area (TPSA) is 37.8 Å². The lowest BCUT2D eigenvalue weighted by Crippen LogP contribution is -1.97. The highest BCUT2D eigenvalue weighted by Gasteiger charge is 2.11. The van der Waals surface area contributed by atoms with Crippen molar-refractivity contribution in [1.29, 1.82) is 0 Å². The van der Waals surface area contributed by atoms with Crippen molar-refractivity contribution < 1.29 is 0 Å². The highest BCUT2D eigenvalue weighted by atomic mass is 35.5. The van der Waals surface area contributed by atoms with Crippen LogP contribution in [0.2, 0.25) is 10.3 Å². The fourth-order valence-electron chi connectivity index (χ4n) is 1.98. The first-order chi connectivity index (χ1) is 9.54. The van der Waals surface area contributed by atoms with Crippen LogP contribution < -0.4 is 5.32 Å². The minimum absolute atomic E-state index is 0.238. The summed E-state index contributed by atoms with van der Waals surface area (Å²) in [6.07, 6.45) is 0. The molecule has 1 aromatic carbocycles. The quantitative estimate of drug-likeness (QED) is 0.645. The van der Waals surface area contributed by atoms with Crippen LogP contribution in [-0.2, 0) is 0 Å². The van der Waals surface area contributed by atoms with Gasteiger partial charge in [-0.2, -0.15) is 4.98 Å². The van der Waals surface area contributed by atoms with Crippen LogP contribution >= 0.6 is 34.5 Å². The lowest BCUT2D eigenvalue weighted by atomic mass is 10.2. The molecule has 0 aliphatic carbocycles. The molecule has 0 atom stereocenters. The molecule has 3 nitrogen and oxygen atoms in total. The van der Waals surface area contributed by atoms with E-state index in [1.165, 1.54) is 4.88 Å². The van der Waals surface area contributed by atoms with Crippen LogP contribution in [0.5, 0.6) is 0 Å².